The first-order valence-corrected chi connectivity index (χ1v) is 12.6. The van der Waals surface area contributed by atoms with Crippen LogP contribution in [0.25, 0.3) is 10.9 Å². The van der Waals surface area contributed by atoms with Gasteiger partial charge in [-0.1, -0.05) is 25.1 Å². The van der Waals surface area contributed by atoms with E-state index in [1.165, 1.54) is 17.5 Å². The zero-order chi connectivity index (χ0) is 24.5. The summed E-state index contributed by atoms with van der Waals surface area (Å²) in [6.07, 6.45) is 0.0408. The van der Waals surface area contributed by atoms with Gasteiger partial charge in [0.15, 0.2) is 0 Å². The molecule has 4 rings (SSSR count). The van der Waals surface area contributed by atoms with Crippen molar-refractivity contribution in [1.82, 2.24) is 14.1 Å². The summed E-state index contributed by atoms with van der Waals surface area (Å²) >= 11 is 0. The topological polar surface area (TPSA) is 111 Å². The number of hydrogen-bond donors (Lipinski definition) is 1. The number of aliphatic hydroxyl groups is 1. The fraction of sp³-hybridized carbons (Fsp3) is 0.417. The summed E-state index contributed by atoms with van der Waals surface area (Å²) in [6.45, 7) is 4.39. The van der Waals surface area contributed by atoms with Crippen LogP contribution in [-0.2, 0) is 32.6 Å². The minimum Gasteiger partial charge on any atom is -0.494 e. The molecule has 34 heavy (non-hydrogen) atoms. The third-order valence-electron chi connectivity index (χ3n) is 6.21. The van der Waals surface area contributed by atoms with Crippen LogP contribution in [0.4, 0.5) is 0 Å². The lowest BCUT2D eigenvalue weighted by atomic mass is 10.1. The Morgan fingerprint density at radius 1 is 1.21 bits per heavy atom. The zero-order valence-corrected chi connectivity index (χ0v) is 20.3. The van der Waals surface area contributed by atoms with E-state index in [1.807, 2.05) is 42.8 Å². The van der Waals surface area contributed by atoms with Gasteiger partial charge in [-0.2, -0.15) is 9.40 Å². The lowest BCUT2D eigenvalue weighted by Crippen LogP contribution is -2.30. The number of benzene rings is 2. The van der Waals surface area contributed by atoms with Crippen molar-refractivity contribution in [2.24, 2.45) is 5.92 Å². The molecular weight excluding hydrogens is 458 g/mol. The maximum Gasteiger partial charge on any atom is 0.311 e. The van der Waals surface area contributed by atoms with Crippen molar-refractivity contribution < 1.29 is 27.8 Å². The second kappa shape index (κ2) is 9.73. The van der Waals surface area contributed by atoms with Crippen molar-refractivity contribution in [3.8, 4) is 5.75 Å². The van der Waals surface area contributed by atoms with Gasteiger partial charge in [-0.25, -0.2) is 8.42 Å². The van der Waals surface area contributed by atoms with E-state index in [0.717, 1.165) is 10.9 Å². The molecule has 1 saturated heterocycles. The Balaban J connectivity index is 1.67. The highest BCUT2D eigenvalue weighted by molar-refractivity contribution is 7.89. The van der Waals surface area contributed by atoms with Crippen LogP contribution >= 0.6 is 0 Å². The van der Waals surface area contributed by atoms with Gasteiger partial charge in [0.1, 0.15) is 5.75 Å². The lowest BCUT2D eigenvalue weighted by molar-refractivity contribution is -0.139. The molecule has 2 atom stereocenters. The van der Waals surface area contributed by atoms with Crippen LogP contribution in [0.2, 0.25) is 0 Å². The van der Waals surface area contributed by atoms with Gasteiger partial charge in [0, 0.05) is 24.0 Å². The first-order chi connectivity index (χ1) is 16.3. The lowest BCUT2D eigenvalue weighted by Gasteiger charge is -2.19. The number of methoxy groups -OCH3 is 1. The predicted molar refractivity (Wildman–Crippen MR) is 126 cm³/mol. The number of aromatic nitrogens is 2. The minimum atomic E-state index is -3.85. The molecule has 1 fully saturated rings. The summed E-state index contributed by atoms with van der Waals surface area (Å²) in [7, 11) is -2.52. The van der Waals surface area contributed by atoms with E-state index in [9.17, 15) is 18.3 Å². The molecule has 1 aliphatic rings. The molecule has 0 unspecified atom stereocenters. The first-order valence-electron chi connectivity index (χ1n) is 11.2. The summed E-state index contributed by atoms with van der Waals surface area (Å²) < 4.78 is 40.6. The Labute approximate surface area is 198 Å². The number of hydrogen-bond acceptors (Lipinski definition) is 7. The maximum absolute atomic E-state index is 13.5. The van der Waals surface area contributed by atoms with Gasteiger partial charge in [0.05, 0.1) is 48.9 Å². The van der Waals surface area contributed by atoms with Gasteiger partial charge in [-0.3, -0.25) is 9.48 Å². The van der Waals surface area contributed by atoms with E-state index in [2.05, 4.69) is 0 Å². The number of nitrogens with zero attached hydrogens (tertiary/aromatic N) is 3. The number of esters is 1. The number of rotatable bonds is 8. The normalized spacial score (nSPS) is 18.9. The largest absolute Gasteiger partial charge is 0.494 e. The van der Waals surface area contributed by atoms with E-state index >= 15 is 0 Å². The van der Waals surface area contributed by atoms with Gasteiger partial charge in [0.25, 0.3) is 0 Å². The molecule has 9 nitrogen and oxygen atoms in total. The van der Waals surface area contributed by atoms with Crippen LogP contribution in [0.15, 0.2) is 47.4 Å². The van der Waals surface area contributed by atoms with E-state index in [-0.39, 0.29) is 35.8 Å². The van der Waals surface area contributed by atoms with Crippen molar-refractivity contribution in [1.29, 1.82) is 0 Å². The maximum atomic E-state index is 13.5. The van der Waals surface area contributed by atoms with Gasteiger partial charge < -0.3 is 14.6 Å². The number of para-hydroxylation sites is 1. The van der Waals surface area contributed by atoms with Crippen LogP contribution in [0.3, 0.4) is 0 Å². The van der Waals surface area contributed by atoms with Crippen molar-refractivity contribution >= 4 is 26.9 Å². The van der Waals surface area contributed by atoms with Gasteiger partial charge in [-0.05, 0) is 37.1 Å². The fourth-order valence-electron chi connectivity index (χ4n) is 4.49. The molecule has 0 amide bonds. The minimum absolute atomic E-state index is 0.0238. The molecule has 1 aromatic heterocycles. The number of fused-ring (bicyclic) bond motifs is 1. The smallest absolute Gasteiger partial charge is 0.311 e. The summed E-state index contributed by atoms with van der Waals surface area (Å²) in [6, 6.07) is 12.0. The summed E-state index contributed by atoms with van der Waals surface area (Å²) in [4.78, 5) is 12.0. The first kappa shape index (κ1) is 24.2. The summed E-state index contributed by atoms with van der Waals surface area (Å²) in [5, 5.41) is 15.4. The molecule has 0 spiro atoms. The van der Waals surface area contributed by atoms with Crippen LogP contribution in [0.5, 0.6) is 5.75 Å². The third-order valence-corrected chi connectivity index (χ3v) is 8.15. The number of sulfonamides is 1. The van der Waals surface area contributed by atoms with E-state index in [4.69, 9.17) is 14.6 Å². The highest BCUT2D eigenvalue weighted by atomic mass is 32.2. The Morgan fingerprint density at radius 3 is 2.68 bits per heavy atom. The number of aliphatic hydroxyl groups excluding tert-OH is 1. The average molecular weight is 488 g/mol. The van der Waals surface area contributed by atoms with Gasteiger partial charge in [0.2, 0.25) is 10.0 Å². The predicted octanol–water partition coefficient (Wildman–Crippen LogP) is 2.52. The molecule has 182 valence electrons. The number of carbonyl (C=O) groups is 1. The molecule has 0 saturated carbocycles. The molecule has 0 radical (unpaired) electrons. The molecular formula is C24H29N3O6S. The third kappa shape index (κ3) is 4.40. The summed E-state index contributed by atoms with van der Waals surface area (Å²) in [5.41, 5.74) is 1.74. The standard InChI is InChI=1S/C24H29N3O6S/c1-4-33-18-9-10-23(17(11-18)15-28)34(30,31)26-13-16(2)22(14-26)27-21-8-6-5-7-19(21)20(25-27)12-24(29)32-3/h5-11,16,22,28H,4,12-15H2,1-3H3/t16-,22+/m1/s1. The van der Waals surface area contributed by atoms with Crippen molar-refractivity contribution in [2.75, 3.05) is 26.8 Å². The molecule has 10 heteroatoms. The van der Waals surface area contributed by atoms with Crippen LogP contribution in [-0.4, -0.2) is 60.4 Å². The van der Waals surface area contributed by atoms with Crippen LogP contribution in [0, 0.1) is 5.92 Å². The highest BCUT2D eigenvalue weighted by Gasteiger charge is 2.40. The van der Waals surface area contributed by atoms with Gasteiger partial charge in [-0.15, -0.1) is 0 Å². The molecule has 1 N–H and O–H groups in total. The van der Waals surface area contributed by atoms with E-state index < -0.39 is 16.6 Å². The average Bonchev–Trinajstić information content (AvgIpc) is 3.40. The monoisotopic (exact) mass is 487 g/mol. The van der Waals surface area contributed by atoms with Crippen molar-refractivity contribution in [3.63, 3.8) is 0 Å². The quantitative estimate of drug-likeness (QED) is 0.486. The second-order valence-corrected chi connectivity index (χ2v) is 10.3. The fourth-order valence-corrected chi connectivity index (χ4v) is 6.25. The molecule has 3 aromatic rings. The second-order valence-electron chi connectivity index (χ2n) is 8.39. The molecule has 0 aliphatic carbocycles. The molecule has 0 bridgehead atoms. The Bertz CT molecular complexity index is 1300. The van der Waals surface area contributed by atoms with Crippen molar-refractivity contribution in [3.05, 3.63) is 53.7 Å². The zero-order valence-electron chi connectivity index (χ0n) is 19.5. The Kier molecular flexibility index (Phi) is 6.92. The number of carbonyl (C=O) groups excluding carboxylic acids is 1. The van der Waals surface area contributed by atoms with Gasteiger partial charge >= 0.3 is 5.97 Å². The molecule has 2 aromatic carbocycles. The highest BCUT2D eigenvalue weighted by Crippen LogP contribution is 2.35. The molecule has 1 aliphatic heterocycles. The van der Waals surface area contributed by atoms with E-state index in [1.54, 1.807) is 12.1 Å². The Morgan fingerprint density at radius 2 is 1.97 bits per heavy atom. The summed E-state index contributed by atoms with van der Waals surface area (Å²) in [5.74, 6) is 0.106. The molecule has 2 heterocycles. The number of ether oxygens (including phenoxy) is 2. The van der Waals surface area contributed by atoms with Crippen molar-refractivity contribution in [2.45, 2.75) is 37.8 Å². The SMILES string of the molecule is CCOc1ccc(S(=O)(=O)N2C[C@@H](C)[C@@H](n3nc(CC(=O)OC)c4ccccc43)C2)c(CO)c1. The van der Waals surface area contributed by atoms with E-state index in [0.29, 0.717) is 30.2 Å². The van der Waals surface area contributed by atoms with Crippen LogP contribution < -0.4 is 4.74 Å². The Hall–Kier alpha value is -2.95. The van der Waals surface area contributed by atoms with Crippen LogP contribution in [0.1, 0.15) is 31.1 Å².